The van der Waals surface area contributed by atoms with Crippen LogP contribution < -0.4 is 9.46 Å². The molecule has 1 aliphatic heterocycles. The third-order valence-electron chi connectivity index (χ3n) is 2.99. The summed E-state index contributed by atoms with van der Waals surface area (Å²) in [7, 11) is -5.53. The van der Waals surface area contributed by atoms with Crippen LogP contribution >= 0.6 is 0 Å². The van der Waals surface area contributed by atoms with Crippen molar-refractivity contribution in [1.29, 1.82) is 0 Å². The smallest absolute Gasteiger partial charge is 0.236 e. The number of ether oxygens (including phenoxy) is 1. The maximum absolute atomic E-state index is 12.1. The summed E-state index contributed by atoms with van der Waals surface area (Å²) < 4.78 is 54.4. The zero-order valence-electron chi connectivity index (χ0n) is 10.4. The van der Waals surface area contributed by atoms with Crippen molar-refractivity contribution < 1.29 is 21.6 Å². The van der Waals surface area contributed by atoms with Crippen LogP contribution in [-0.4, -0.2) is 40.7 Å². The monoisotopic (exact) mass is 305 g/mol. The Balaban J connectivity index is 2.23. The number of benzene rings is 1. The molecule has 1 aromatic rings. The van der Waals surface area contributed by atoms with E-state index in [2.05, 4.69) is 4.72 Å². The van der Waals surface area contributed by atoms with Gasteiger partial charge >= 0.3 is 0 Å². The highest BCUT2D eigenvalue weighted by Gasteiger charge is 2.37. The lowest BCUT2D eigenvalue weighted by Gasteiger charge is -2.14. The molecule has 1 aromatic carbocycles. The normalized spacial score (nSPS) is 22.1. The van der Waals surface area contributed by atoms with E-state index >= 15 is 0 Å². The number of sulfonamides is 1. The number of sulfone groups is 1. The molecule has 1 fully saturated rings. The second-order valence-corrected chi connectivity index (χ2v) is 8.56. The SMILES string of the molecule is COc1ccccc1NS(=O)(=O)C1CCS(=O)(=O)C1. The highest BCUT2D eigenvalue weighted by molar-refractivity contribution is 7.97. The maximum atomic E-state index is 12.1. The molecule has 0 aliphatic carbocycles. The Bertz CT molecular complexity index is 666. The molecule has 1 aliphatic rings. The summed E-state index contributed by atoms with van der Waals surface area (Å²) in [5.41, 5.74) is 0.314. The molecule has 8 heteroatoms. The van der Waals surface area contributed by atoms with E-state index in [1.165, 1.54) is 7.11 Å². The van der Waals surface area contributed by atoms with Crippen LogP contribution in [0.15, 0.2) is 24.3 Å². The lowest BCUT2D eigenvalue weighted by Crippen LogP contribution is -2.29. The zero-order valence-corrected chi connectivity index (χ0v) is 12.0. The van der Waals surface area contributed by atoms with Gasteiger partial charge in [0.25, 0.3) is 0 Å². The summed E-state index contributed by atoms with van der Waals surface area (Å²) in [5, 5.41) is -0.901. The molecule has 0 bridgehead atoms. The first kappa shape index (κ1) is 14.1. The zero-order chi connectivity index (χ0) is 14.1. The molecule has 0 amide bonds. The van der Waals surface area contributed by atoms with Gasteiger partial charge in [-0.2, -0.15) is 0 Å². The lowest BCUT2D eigenvalue weighted by molar-refractivity contribution is 0.417. The highest BCUT2D eigenvalue weighted by atomic mass is 32.2. The van der Waals surface area contributed by atoms with Gasteiger partial charge in [0.2, 0.25) is 10.0 Å². The topological polar surface area (TPSA) is 89.5 Å². The van der Waals surface area contributed by atoms with Gasteiger partial charge in [0.15, 0.2) is 9.84 Å². The minimum atomic E-state index is -3.73. The van der Waals surface area contributed by atoms with E-state index in [1.807, 2.05) is 0 Å². The van der Waals surface area contributed by atoms with Crippen LogP contribution in [0.25, 0.3) is 0 Å². The summed E-state index contributed by atoms with van der Waals surface area (Å²) in [5.74, 6) is -0.00551. The van der Waals surface area contributed by atoms with Crippen LogP contribution in [0.1, 0.15) is 6.42 Å². The first-order valence-corrected chi connectivity index (χ1v) is 9.06. The van der Waals surface area contributed by atoms with Crippen molar-refractivity contribution in [2.45, 2.75) is 11.7 Å². The standard InChI is InChI=1S/C11H15NO5S2/c1-17-11-5-3-2-4-10(11)12-19(15,16)9-6-7-18(13,14)8-9/h2-5,9,12H,6-8H2,1H3. The molecule has 19 heavy (non-hydrogen) atoms. The van der Waals surface area contributed by atoms with Crippen LogP contribution in [0.4, 0.5) is 5.69 Å². The van der Waals surface area contributed by atoms with E-state index in [0.29, 0.717) is 11.4 Å². The fourth-order valence-corrected chi connectivity index (χ4v) is 6.07. The van der Waals surface area contributed by atoms with Gasteiger partial charge in [-0.1, -0.05) is 12.1 Å². The first-order chi connectivity index (χ1) is 8.84. The Hall–Kier alpha value is -1.28. The van der Waals surface area contributed by atoms with Crippen molar-refractivity contribution in [2.75, 3.05) is 23.3 Å². The molecule has 2 rings (SSSR count). The lowest BCUT2D eigenvalue weighted by atomic mass is 10.3. The number of hydrogen-bond donors (Lipinski definition) is 1. The molecule has 1 atom stereocenters. The van der Waals surface area contributed by atoms with Crippen molar-refractivity contribution in [3.8, 4) is 5.75 Å². The van der Waals surface area contributed by atoms with Crippen molar-refractivity contribution in [1.82, 2.24) is 0 Å². The van der Waals surface area contributed by atoms with Crippen molar-refractivity contribution >= 4 is 25.5 Å². The molecule has 0 spiro atoms. The van der Waals surface area contributed by atoms with Crippen LogP contribution in [-0.2, 0) is 19.9 Å². The molecule has 6 nitrogen and oxygen atoms in total. The van der Waals surface area contributed by atoms with E-state index in [-0.39, 0.29) is 17.9 Å². The van der Waals surface area contributed by atoms with E-state index in [0.717, 1.165) is 0 Å². The molecular formula is C11H15NO5S2. The van der Waals surface area contributed by atoms with Crippen LogP contribution in [0, 0.1) is 0 Å². The number of rotatable bonds is 4. The molecular weight excluding hydrogens is 290 g/mol. The second kappa shape index (κ2) is 5.01. The molecule has 1 N–H and O–H groups in total. The van der Waals surface area contributed by atoms with Gasteiger partial charge in [-0.25, -0.2) is 16.8 Å². The highest BCUT2D eigenvalue weighted by Crippen LogP contribution is 2.27. The summed E-state index contributed by atoms with van der Waals surface area (Å²) in [4.78, 5) is 0. The van der Waals surface area contributed by atoms with E-state index in [1.54, 1.807) is 24.3 Å². The third kappa shape index (κ3) is 3.19. The third-order valence-corrected chi connectivity index (χ3v) is 6.75. The van der Waals surface area contributed by atoms with Gasteiger partial charge in [0, 0.05) is 0 Å². The number of hydrogen-bond acceptors (Lipinski definition) is 5. The Morgan fingerprint density at radius 2 is 2.00 bits per heavy atom. The fraction of sp³-hybridized carbons (Fsp3) is 0.455. The average Bonchev–Trinajstić information content (AvgIpc) is 2.71. The van der Waals surface area contributed by atoms with Gasteiger partial charge in [0.05, 0.1) is 29.6 Å². The predicted octanol–water partition coefficient (Wildman–Crippen LogP) is 0.624. The quantitative estimate of drug-likeness (QED) is 0.881. The number of nitrogens with one attached hydrogen (secondary N) is 1. The summed E-state index contributed by atoms with van der Waals surface area (Å²) >= 11 is 0. The molecule has 106 valence electrons. The van der Waals surface area contributed by atoms with Gasteiger partial charge < -0.3 is 4.74 Å². The number of methoxy groups -OCH3 is 1. The summed E-state index contributed by atoms with van der Waals surface area (Å²) in [6.07, 6.45) is 0.132. The van der Waals surface area contributed by atoms with E-state index in [9.17, 15) is 16.8 Å². The minimum absolute atomic E-state index is 0.0789. The molecule has 0 radical (unpaired) electrons. The molecule has 1 unspecified atom stereocenters. The minimum Gasteiger partial charge on any atom is -0.495 e. The van der Waals surface area contributed by atoms with Gasteiger partial charge in [-0.3, -0.25) is 4.72 Å². The van der Waals surface area contributed by atoms with Crippen molar-refractivity contribution in [3.63, 3.8) is 0 Å². The van der Waals surface area contributed by atoms with Gasteiger partial charge in [-0.05, 0) is 18.6 Å². The van der Waals surface area contributed by atoms with Crippen LogP contribution in [0.5, 0.6) is 5.75 Å². The number of anilines is 1. The first-order valence-electron chi connectivity index (χ1n) is 5.69. The van der Waals surface area contributed by atoms with Crippen LogP contribution in [0.3, 0.4) is 0 Å². The van der Waals surface area contributed by atoms with Gasteiger partial charge in [0.1, 0.15) is 5.75 Å². The Morgan fingerprint density at radius 3 is 2.58 bits per heavy atom. The average molecular weight is 305 g/mol. The second-order valence-electron chi connectivity index (χ2n) is 4.37. The molecule has 1 saturated heterocycles. The van der Waals surface area contributed by atoms with Crippen molar-refractivity contribution in [3.05, 3.63) is 24.3 Å². The Kier molecular flexibility index (Phi) is 3.73. The Labute approximate surface area is 112 Å². The molecule has 0 saturated carbocycles. The summed E-state index contributed by atoms with van der Waals surface area (Å²) in [6.45, 7) is 0. The van der Waals surface area contributed by atoms with E-state index in [4.69, 9.17) is 4.74 Å². The predicted molar refractivity (Wildman–Crippen MR) is 72.6 cm³/mol. The molecule has 0 aromatic heterocycles. The number of para-hydroxylation sites is 2. The van der Waals surface area contributed by atoms with Crippen molar-refractivity contribution in [2.24, 2.45) is 0 Å². The molecule has 1 heterocycles. The fourth-order valence-electron chi connectivity index (χ4n) is 1.97. The van der Waals surface area contributed by atoms with E-state index < -0.39 is 25.1 Å². The maximum Gasteiger partial charge on any atom is 0.236 e. The van der Waals surface area contributed by atoms with Crippen LogP contribution in [0.2, 0.25) is 0 Å². The van der Waals surface area contributed by atoms with Gasteiger partial charge in [-0.15, -0.1) is 0 Å². The Morgan fingerprint density at radius 1 is 1.32 bits per heavy atom. The largest absolute Gasteiger partial charge is 0.495 e. The summed E-state index contributed by atoms with van der Waals surface area (Å²) in [6, 6.07) is 6.59.